The molecule has 0 bridgehead atoms. The Morgan fingerprint density at radius 3 is 2.42 bits per heavy atom. The van der Waals surface area contributed by atoms with Crippen LogP contribution in [0, 0.1) is 0 Å². The van der Waals surface area contributed by atoms with Crippen molar-refractivity contribution in [2.75, 3.05) is 14.2 Å². The van der Waals surface area contributed by atoms with Crippen molar-refractivity contribution in [3.05, 3.63) is 65.7 Å². The summed E-state index contributed by atoms with van der Waals surface area (Å²) >= 11 is 0. The molecule has 7 heteroatoms. The van der Waals surface area contributed by atoms with Crippen LogP contribution in [-0.4, -0.2) is 54.4 Å². The van der Waals surface area contributed by atoms with Gasteiger partial charge in [0.1, 0.15) is 18.5 Å². The summed E-state index contributed by atoms with van der Waals surface area (Å²) < 4.78 is 22.2. The SMILES string of the molecule is COc1ccc(CN(C(=O)OCc2ccccc2)[C@@]2(C)CC(OC)OC2C(C)O)cc1. The summed E-state index contributed by atoms with van der Waals surface area (Å²) in [5, 5.41) is 10.4. The molecule has 31 heavy (non-hydrogen) atoms. The molecule has 1 amide bonds. The molecule has 7 nitrogen and oxygen atoms in total. The van der Waals surface area contributed by atoms with Gasteiger partial charge in [-0.25, -0.2) is 4.79 Å². The highest BCUT2D eigenvalue weighted by molar-refractivity contribution is 5.69. The fourth-order valence-corrected chi connectivity index (χ4v) is 4.01. The summed E-state index contributed by atoms with van der Waals surface area (Å²) in [7, 11) is 3.16. The van der Waals surface area contributed by atoms with E-state index in [9.17, 15) is 9.90 Å². The second kappa shape index (κ2) is 10.1. The molecule has 1 aliphatic rings. The molecular formula is C24H31NO6. The number of nitrogens with zero attached hydrogens (tertiary/aromatic N) is 1. The number of methoxy groups -OCH3 is 2. The molecule has 0 radical (unpaired) electrons. The number of carbonyl (C=O) groups excluding carboxylic acids is 1. The summed E-state index contributed by atoms with van der Waals surface area (Å²) in [6.07, 6.45) is -2.01. The summed E-state index contributed by atoms with van der Waals surface area (Å²) in [6.45, 7) is 4.00. The van der Waals surface area contributed by atoms with Gasteiger partial charge in [0.15, 0.2) is 6.29 Å². The topological polar surface area (TPSA) is 77.5 Å². The zero-order valence-electron chi connectivity index (χ0n) is 18.5. The second-order valence-corrected chi connectivity index (χ2v) is 8.00. The Morgan fingerprint density at radius 2 is 1.84 bits per heavy atom. The van der Waals surface area contributed by atoms with E-state index in [4.69, 9.17) is 18.9 Å². The van der Waals surface area contributed by atoms with Gasteiger partial charge >= 0.3 is 6.09 Å². The van der Waals surface area contributed by atoms with Crippen LogP contribution in [-0.2, 0) is 27.4 Å². The monoisotopic (exact) mass is 429 g/mol. The highest BCUT2D eigenvalue weighted by Gasteiger charge is 2.53. The molecule has 3 rings (SSSR count). The lowest BCUT2D eigenvalue weighted by atomic mass is 9.88. The van der Waals surface area contributed by atoms with Crippen molar-refractivity contribution in [2.45, 2.75) is 57.5 Å². The molecule has 0 spiro atoms. The van der Waals surface area contributed by atoms with E-state index in [1.165, 1.54) is 0 Å². The maximum atomic E-state index is 13.3. The third-order valence-electron chi connectivity index (χ3n) is 5.73. The van der Waals surface area contributed by atoms with Crippen molar-refractivity contribution in [3.63, 3.8) is 0 Å². The van der Waals surface area contributed by atoms with Crippen LogP contribution in [0.25, 0.3) is 0 Å². The van der Waals surface area contributed by atoms with Gasteiger partial charge < -0.3 is 24.1 Å². The lowest BCUT2D eigenvalue weighted by molar-refractivity contribution is -0.144. The van der Waals surface area contributed by atoms with E-state index in [0.717, 1.165) is 16.9 Å². The van der Waals surface area contributed by atoms with Crippen molar-refractivity contribution in [1.29, 1.82) is 0 Å². The number of benzene rings is 2. The number of carbonyl (C=O) groups is 1. The van der Waals surface area contributed by atoms with Crippen molar-refractivity contribution in [1.82, 2.24) is 4.90 Å². The molecule has 1 saturated heterocycles. The predicted octanol–water partition coefficient (Wildman–Crippen LogP) is 3.73. The van der Waals surface area contributed by atoms with Crippen LogP contribution in [0.1, 0.15) is 31.4 Å². The first-order chi connectivity index (χ1) is 14.9. The Labute approximate surface area is 183 Å². The zero-order chi connectivity index (χ0) is 22.4. The first-order valence-electron chi connectivity index (χ1n) is 10.3. The number of ether oxygens (including phenoxy) is 4. The fourth-order valence-electron chi connectivity index (χ4n) is 4.01. The van der Waals surface area contributed by atoms with E-state index < -0.39 is 30.1 Å². The molecule has 1 fully saturated rings. The van der Waals surface area contributed by atoms with Crippen LogP contribution in [0.5, 0.6) is 5.75 Å². The molecule has 3 unspecified atom stereocenters. The molecular weight excluding hydrogens is 398 g/mol. The number of amides is 1. The molecule has 1 aliphatic heterocycles. The Hall–Kier alpha value is -2.61. The minimum absolute atomic E-state index is 0.156. The average molecular weight is 430 g/mol. The summed E-state index contributed by atoms with van der Waals surface area (Å²) in [5.41, 5.74) is 0.974. The van der Waals surface area contributed by atoms with E-state index in [2.05, 4.69) is 0 Å². The van der Waals surface area contributed by atoms with E-state index in [1.807, 2.05) is 61.5 Å². The number of aliphatic hydroxyl groups excluding tert-OH is 1. The smallest absolute Gasteiger partial charge is 0.410 e. The summed E-state index contributed by atoms with van der Waals surface area (Å²) in [6, 6.07) is 17.0. The van der Waals surface area contributed by atoms with Gasteiger partial charge in [-0.15, -0.1) is 0 Å². The van der Waals surface area contributed by atoms with Crippen molar-refractivity contribution < 1.29 is 28.8 Å². The minimum Gasteiger partial charge on any atom is -0.497 e. The van der Waals surface area contributed by atoms with Crippen LogP contribution in [0.3, 0.4) is 0 Å². The van der Waals surface area contributed by atoms with E-state index in [-0.39, 0.29) is 13.2 Å². The number of rotatable bonds is 8. The lowest BCUT2D eigenvalue weighted by Gasteiger charge is -2.41. The highest BCUT2D eigenvalue weighted by atomic mass is 16.7. The van der Waals surface area contributed by atoms with Crippen molar-refractivity contribution >= 4 is 6.09 Å². The van der Waals surface area contributed by atoms with Gasteiger partial charge in [-0.05, 0) is 37.1 Å². The largest absolute Gasteiger partial charge is 0.497 e. The molecule has 2 aromatic carbocycles. The maximum absolute atomic E-state index is 13.3. The normalized spacial score (nSPS) is 23.9. The fraction of sp³-hybridized carbons (Fsp3) is 0.458. The predicted molar refractivity (Wildman–Crippen MR) is 116 cm³/mol. The lowest BCUT2D eigenvalue weighted by Crippen LogP contribution is -2.57. The molecule has 1 heterocycles. The number of hydrogen-bond donors (Lipinski definition) is 1. The first-order valence-corrected chi connectivity index (χ1v) is 10.3. The third-order valence-corrected chi connectivity index (χ3v) is 5.73. The quantitative estimate of drug-likeness (QED) is 0.689. The third kappa shape index (κ3) is 5.36. The maximum Gasteiger partial charge on any atom is 0.410 e. The number of aliphatic hydroxyl groups is 1. The van der Waals surface area contributed by atoms with Crippen LogP contribution in [0.4, 0.5) is 4.79 Å². The van der Waals surface area contributed by atoms with Gasteiger partial charge in [0.05, 0.1) is 18.8 Å². The summed E-state index contributed by atoms with van der Waals surface area (Å²) in [4.78, 5) is 14.9. The van der Waals surface area contributed by atoms with Crippen LogP contribution in [0.15, 0.2) is 54.6 Å². The van der Waals surface area contributed by atoms with E-state index in [1.54, 1.807) is 26.0 Å². The molecule has 1 N–H and O–H groups in total. The Morgan fingerprint density at radius 1 is 1.16 bits per heavy atom. The average Bonchev–Trinajstić information content (AvgIpc) is 3.14. The molecule has 2 aromatic rings. The summed E-state index contributed by atoms with van der Waals surface area (Å²) in [5.74, 6) is 0.735. The van der Waals surface area contributed by atoms with Gasteiger partial charge in [0, 0.05) is 20.1 Å². The van der Waals surface area contributed by atoms with Crippen molar-refractivity contribution in [3.8, 4) is 5.75 Å². The second-order valence-electron chi connectivity index (χ2n) is 8.00. The van der Waals surface area contributed by atoms with Gasteiger partial charge in [-0.1, -0.05) is 42.5 Å². The van der Waals surface area contributed by atoms with Gasteiger partial charge in [-0.3, -0.25) is 4.90 Å². The van der Waals surface area contributed by atoms with Crippen LogP contribution >= 0.6 is 0 Å². The van der Waals surface area contributed by atoms with E-state index >= 15 is 0 Å². The highest BCUT2D eigenvalue weighted by Crippen LogP contribution is 2.39. The van der Waals surface area contributed by atoms with Crippen LogP contribution < -0.4 is 4.74 Å². The molecule has 168 valence electrons. The van der Waals surface area contributed by atoms with Gasteiger partial charge in [0.2, 0.25) is 0 Å². The van der Waals surface area contributed by atoms with Gasteiger partial charge in [0.25, 0.3) is 0 Å². The van der Waals surface area contributed by atoms with Gasteiger partial charge in [-0.2, -0.15) is 0 Å². The van der Waals surface area contributed by atoms with Crippen LogP contribution in [0.2, 0.25) is 0 Å². The Balaban J connectivity index is 1.87. The molecule has 0 aromatic heterocycles. The molecule has 4 atom stereocenters. The molecule has 0 aliphatic carbocycles. The molecule has 0 saturated carbocycles. The zero-order valence-corrected chi connectivity index (χ0v) is 18.5. The Kier molecular flexibility index (Phi) is 7.54. The minimum atomic E-state index is -0.831. The number of hydrogen-bond acceptors (Lipinski definition) is 6. The first kappa shape index (κ1) is 23.1. The standard InChI is InChI=1S/C24H31NO6/c1-17(26)22-24(2,14-21(29-4)31-22)25(15-18-10-12-20(28-3)13-11-18)23(27)30-16-19-8-6-5-7-9-19/h5-13,17,21-22,26H,14-16H2,1-4H3/t17?,21?,22?,24-/m0/s1. The van der Waals surface area contributed by atoms with Crippen molar-refractivity contribution in [2.24, 2.45) is 0 Å². The van der Waals surface area contributed by atoms with E-state index in [0.29, 0.717) is 6.42 Å². The Bertz CT molecular complexity index is 841.